The molecule has 0 N–H and O–H groups in total. The van der Waals surface area contributed by atoms with E-state index in [-0.39, 0.29) is 5.91 Å². The maximum atomic E-state index is 12.6. The first-order valence-corrected chi connectivity index (χ1v) is 7.74. The smallest absolute Gasteiger partial charge is 0.231 e. The van der Waals surface area contributed by atoms with Crippen molar-refractivity contribution in [3.05, 3.63) is 48.2 Å². The quantitative estimate of drug-likeness (QED) is 0.800. The lowest BCUT2D eigenvalue weighted by Gasteiger charge is -2.26. The van der Waals surface area contributed by atoms with Crippen LogP contribution >= 0.6 is 0 Å². The lowest BCUT2D eigenvalue weighted by Crippen LogP contribution is -2.32. The number of benzene rings is 1. The highest BCUT2D eigenvalue weighted by molar-refractivity contribution is 5.96. The van der Waals surface area contributed by atoms with Crippen LogP contribution in [-0.4, -0.2) is 28.5 Å². The van der Waals surface area contributed by atoms with Crippen LogP contribution in [0.15, 0.2) is 36.9 Å². The van der Waals surface area contributed by atoms with Gasteiger partial charge in [-0.15, -0.1) is 6.58 Å². The summed E-state index contributed by atoms with van der Waals surface area (Å²) in [7, 11) is 0. The van der Waals surface area contributed by atoms with Gasteiger partial charge in [-0.05, 0) is 31.0 Å². The summed E-state index contributed by atoms with van der Waals surface area (Å²) in [5, 5.41) is 1.25. The summed E-state index contributed by atoms with van der Waals surface area (Å²) in [6, 6.07) is 8.29. The first-order valence-electron chi connectivity index (χ1n) is 7.74. The molecule has 1 aliphatic rings. The van der Waals surface area contributed by atoms with Gasteiger partial charge >= 0.3 is 0 Å². The minimum atomic E-state index is 0.185. The van der Waals surface area contributed by atoms with Gasteiger partial charge in [0, 0.05) is 30.6 Å². The number of hydrogen-bond donors (Lipinski definition) is 0. The van der Waals surface area contributed by atoms with E-state index in [1.165, 1.54) is 16.6 Å². The van der Waals surface area contributed by atoms with Gasteiger partial charge in [0.15, 0.2) is 0 Å². The fourth-order valence-corrected chi connectivity index (χ4v) is 3.26. The molecule has 0 atom stereocenters. The Hall–Kier alpha value is -1.87. The van der Waals surface area contributed by atoms with E-state index >= 15 is 0 Å². The number of hydrogen-bond acceptors (Lipinski definition) is 2. The van der Waals surface area contributed by atoms with Gasteiger partial charge in [0.2, 0.25) is 5.91 Å². The standard InChI is InChI=1S/C18H22N2O/c1-3-5-10-18(21)20-16-9-7-6-8-14(16)15-11-12-19(4-2)13-17(15)20/h3,6-9H,1,4-5,10-13H2,2H3. The zero-order valence-electron chi connectivity index (χ0n) is 12.6. The van der Waals surface area contributed by atoms with Crippen LogP contribution in [0.2, 0.25) is 0 Å². The maximum absolute atomic E-state index is 12.6. The van der Waals surface area contributed by atoms with Crippen molar-refractivity contribution in [3.8, 4) is 0 Å². The van der Waals surface area contributed by atoms with E-state index in [1.54, 1.807) is 0 Å². The molecule has 3 heteroatoms. The molecule has 3 rings (SSSR count). The van der Waals surface area contributed by atoms with E-state index in [9.17, 15) is 4.79 Å². The molecule has 0 spiro atoms. The van der Waals surface area contributed by atoms with Crippen LogP contribution in [0.3, 0.4) is 0 Å². The Balaban J connectivity index is 2.13. The lowest BCUT2D eigenvalue weighted by molar-refractivity contribution is 0.0901. The third kappa shape index (κ3) is 2.42. The van der Waals surface area contributed by atoms with E-state index in [1.807, 2.05) is 16.7 Å². The second-order valence-electron chi connectivity index (χ2n) is 5.62. The summed E-state index contributed by atoms with van der Waals surface area (Å²) in [6.45, 7) is 8.88. The summed E-state index contributed by atoms with van der Waals surface area (Å²) < 4.78 is 1.95. The van der Waals surface area contributed by atoms with Crippen LogP contribution in [0.4, 0.5) is 0 Å². The first-order chi connectivity index (χ1) is 10.3. The molecule has 3 nitrogen and oxygen atoms in total. The third-order valence-electron chi connectivity index (χ3n) is 4.40. The SMILES string of the molecule is C=CCCC(=O)n1c2c(c3ccccc31)CCN(CC)C2. The number of carbonyl (C=O) groups is 1. The molecule has 0 saturated carbocycles. The second kappa shape index (κ2) is 5.86. The van der Waals surface area contributed by atoms with Gasteiger partial charge in [-0.3, -0.25) is 14.3 Å². The predicted molar refractivity (Wildman–Crippen MR) is 86.7 cm³/mol. The molecule has 0 radical (unpaired) electrons. The predicted octanol–water partition coefficient (Wildman–Crippen LogP) is 3.63. The van der Waals surface area contributed by atoms with Crippen molar-refractivity contribution >= 4 is 16.8 Å². The number of aromatic nitrogens is 1. The Morgan fingerprint density at radius 1 is 1.38 bits per heavy atom. The van der Waals surface area contributed by atoms with Gasteiger partial charge < -0.3 is 0 Å². The second-order valence-corrected chi connectivity index (χ2v) is 5.62. The van der Waals surface area contributed by atoms with Gasteiger partial charge in [0.25, 0.3) is 0 Å². The molecule has 1 aromatic heterocycles. The molecule has 2 aromatic rings. The number of carbonyl (C=O) groups excluding carboxylic acids is 1. The average Bonchev–Trinajstić information content (AvgIpc) is 2.86. The largest absolute Gasteiger partial charge is 0.298 e. The highest BCUT2D eigenvalue weighted by Gasteiger charge is 2.25. The summed E-state index contributed by atoms with van der Waals surface area (Å²) in [6.07, 6.45) is 4.11. The molecular weight excluding hydrogens is 260 g/mol. The first kappa shape index (κ1) is 14.1. The molecule has 110 valence electrons. The van der Waals surface area contributed by atoms with Crippen LogP contribution < -0.4 is 0 Å². The van der Waals surface area contributed by atoms with Crippen molar-refractivity contribution in [1.29, 1.82) is 0 Å². The zero-order chi connectivity index (χ0) is 14.8. The number of para-hydroxylation sites is 1. The minimum Gasteiger partial charge on any atom is -0.298 e. The van der Waals surface area contributed by atoms with E-state index in [2.05, 4.69) is 36.6 Å². The highest BCUT2D eigenvalue weighted by Crippen LogP contribution is 2.31. The van der Waals surface area contributed by atoms with E-state index < -0.39 is 0 Å². The molecule has 0 saturated heterocycles. The Morgan fingerprint density at radius 3 is 2.95 bits per heavy atom. The molecule has 1 aliphatic heterocycles. The summed E-state index contributed by atoms with van der Waals surface area (Å²) in [4.78, 5) is 15.0. The van der Waals surface area contributed by atoms with E-state index in [0.29, 0.717) is 6.42 Å². The van der Waals surface area contributed by atoms with Crippen LogP contribution in [0.1, 0.15) is 35.8 Å². The Kier molecular flexibility index (Phi) is 3.93. The van der Waals surface area contributed by atoms with Gasteiger partial charge in [-0.2, -0.15) is 0 Å². The van der Waals surface area contributed by atoms with Gasteiger partial charge in [0.05, 0.1) is 5.52 Å². The molecular formula is C18H22N2O. The molecule has 0 amide bonds. The molecule has 0 bridgehead atoms. The monoisotopic (exact) mass is 282 g/mol. The zero-order valence-corrected chi connectivity index (χ0v) is 12.6. The number of rotatable bonds is 4. The number of fused-ring (bicyclic) bond motifs is 3. The molecule has 1 aromatic carbocycles. The Bertz CT molecular complexity index is 684. The maximum Gasteiger partial charge on any atom is 0.231 e. The van der Waals surface area contributed by atoms with Crippen LogP contribution in [-0.2, 0) is 13.0 Å². The Morgan fingerprint density at radius 2 is 2.19 bits per heavy atom. The van der Waals surface area contributed by atoms with Crippen molar-refractivity contribution in [2.45, 2.75) is 32.7 Å². The lowest BCUT2D eigenvalue weighted by atomic mass is 10.0. The summed E-state index contributed by atoms with van der Waals surface area (Å²) in [5.41, 5.74) is 3.62. The van der Waals surface area contributed by atoms with Crippen LogP contribution in [0.25, 0.3) is 10.9 Å². The van der Waals surface area contributed by atoms with Gasteiger partial charge in [-0.1, -0.05) is 31.2 Å². The highest BCUT2D eigenvalue weighted by atomic mass is 16.2. The van der Waals surface area contributed by atoms with Crippen molar-refractivity contribution in [2.24, 2.45) is 0 Å². The molecule has 2 heterocycles. The van der Waals surface area contributed by atoms with E-state index in [0.717, 1.165) is 38.0 Å². The molecule has 0 aliphatic carbocycles. The van der Waals surface area contributed by atoms with Crippen molar-refractivity contribution in [3.63, 3.8) is 0 Å². The fraction of sp³-hybridized carbons (Fsp3) is 0.389. The average molecular weight is 282 g/mol. The summed E-state index contributed by atoms with van der Waals surface area (Å²) >= 11 is 0. The normalized spacial score (nSPS) is 15.1. The minimum absolute atomic E-state index is 0.185. The molecule has 0 fully saturated rings. The van der Waals surface area contributed by atoms with Gasteiger partial charge in [0.1, 0.15) is 0 Å². The number of allylic oxidation sites excluding steroid dienone is 1. The Labute approximate surface area is 125 Å². The fourth-order valence-electron chi connectivity index (χ4n) is 3.26. The number of likely N-dealkylation sites (N-methyl/N-ethyl adjacent to an activating group) is 1. The topological polar surface area (TPSA) is 25.2 Å². The summed E-state index contributed by atoms with van der Waals surface area (Å²) in [5.74, 6) is 0.185. The third-order valence-corrected chi connectivity index (χ3v) is 4.40. The van der Waals surface area contributed by atoms with Gasteiger partial charge in [-0.25, -0.2) is 0 Å². The van der Waals surface area contributed by atoms with Crippen molar-refractivity contribution in [2.75, 3.05) is 13.1 Å². The molecule has 0 unspecified atom stereocenters. The molecule has 21 heavy (non-hydrogen) atoms. The van der Waals surface area contributed by atoms with Crippen molar-refractivity contribution < 1.29 is 4.79 Å². The van der Waals surface area contributed by atoms with E-state index in [4.69, 9.17) is 0 Å². The number of nitrogens with zero attached hydrogens (tertiary/aromatic N) is 2. The van der Waals surface area contributed by atoms with Crippen LogP contribution in [0, 0.1) is 0 Å². The van der Waals surface area contributed by atoms with Crippen molar-refractivity contribution in [1.82, 2.24) is 9.47 Å². The van der Waals surface area contributed by atoms with Crippen LogP contribution in [0.5, 0.6) is 0 Å².